The van der Waals surface area contributed by atoms with Crippen LogP contribution in [0.1, 0.15) is 71.1 Å². The molecule has 118 valence electrons. The van der Waals surface area contributed by atoms with Crippen LogP contribution in [0.5, 0.6) is 0 Å². The molecule has 21 heavy (non-hydrogen) atoms. The van der Waals surface area contributed by atoms with E-state index in [2.05, 4.69) is 6.92 Å². The number of hydrogen-bond acceptors (Lipinski definition) is 3. The van der Waals surface area contributed by atoms with E-state index in [1.54, 1.807) is 0 Å². The Morgan fingerprint density at radius 2 is 1.33 bits per heavy atom. The van der Waals surface area contributed by atoms with Gasteiger partial charge in [0.25, 0.3) is 0 Å². The van der Waals surface area contributed by atoms with E-state index in [0.717, 1.165) is 25.0 Å². The van der Waals surface area contributed by atoms with Gasteiger partial charge < -0.3 is 9.84 Å². The molecule has 0 bridgehead atoms. The van der Waals surface area contributed by atoms with Crippen molar-refractivity contribution in [3.8, 4) is 0 Å². The van der Waals surface area contributed by atoms with Crippen LogP contribution in [0.4, 0.5) is 0 Å². The van der Waals surface area contributed by atoms with Gasteiger partial charge in [0, 0.05) is 31.6 Å². The molecule has 5 heteroatoms. The first-order valence-corrected chi connectivity index (χ1v) is 7.74. The molecular weight excluding hydrogens is 322 g/mol. The molecular formula is C16H28O4Zn. The van der Waals surface area contributed by atoms with Crippen molar-refractivity contribution >= 4 is 11.9 Å². The molecule has 4 nitrogen and oxygen atoms in total. The van der Waals surface area contributed by atoms with Crippen LogP contribution >= 0.6 is 0 Å². The molecule has 0 spiro atoms. The van der Waals surface area contributed by atoms with E-state index in [9.17, 15) is 9.59 Å². The Balaban J connectivity index is 0. The van der Waals surface area contributed by atoms with E-state index in [4.69, 9.17) is 9.84 Å². The maximum absolute atomic E-state index is 11.0. The Bertz CT molecular complexity index is 290. The van der Waals surface area contributed by atoms with Crippen molar-refractivity contribution in [2.24, 2.45) is 0 Å². The summed E-state index contributed by atoms with van der Waals surface area (Å²) in [6, 6.07) is 0. The van der Waals surface area contributed by atoms with Gasteiger partial charge in [-0.15, -0.1) is 0 Å². The summed E-state index contributed by atoms with van der Waals surface area (Å²) in [7, 11) is 0. The Hall–Kier alpha value is -0.697. The molecule has 0 heterocycles. The summed E-state index contributed by atoms with van der Waals surface area (Å²) in [6.07, 6.45) is 14.0. The van der Waals surface area contributed by atoms with Gasteiger partial charge in [-0.2, -0.15) is 0 Å². The average molecular weight is 350 g/mol. The van der Waals surface area contributed by atoms with Crippen molar-refractivity contribution in [3.63, 3.8) is 0 Å². The Morgan fingerprint density at radius 1 is 0.857 bits per heavy atom. The molecule has 0 fully saturated rings. The predicted molar refractivity (Wildman–Crippen MR) is 79.6 cm³/mol. The van der Waals surface area contributed by atoms with Gasteiger partial charge in [0.05, 0.1) is 6.61 Å². The van der Waals surface area contributed by atoms with Crippen LogP contribution in [0, 0.1) is 0 Å². The molecule has 0 aliphatic carbocycles. The number of aliphatic carboxylic acids is 1. The number of carboxylic acid groups (broad SMARTS) is 1. The summed E-state index contributed by atoms with van der Waals surface area (Å²) in [5, 5.41) is 8.33. The van der Waals surface area contributed by atoms with Gasteiger partial charge in [0.15, 0.2) is 0 Å². The van der Waals surface area contributed by atoms with Gasteiger partial charge in [0.2, 0.25) is 0 Å². The predicted octanol–water partition coefficient (Wildman–Crippen LogP) is 4.09. The third kappa shape index (κ3) is 19.3. The molecule has 0 amide bonds. The maximum atomic E-state index is 11.0. The molecule has 0 aromatic heterocycles. The number of carbonyl (C=O) groups excluding carboxylic acids is 1. The molecule has 0 radical (unpaired) electrons. The number of ether oxygens (including phenoxy) is 1. The van der Waals surface area contributed by atoms with E-state index in [-0.39, 0.29) is 19.5 Å². The van der Waals surface area contributed by atoms with Crippen molar-refractivity contribution < 1.29 is 38.9 Å². The molecule has 0 aliphatic rings. The van der Waals surface area contributed by atoms with Crippen LogP contribution in [-0.2, 0) is 33.8 Å². The molecule has 0 rings (SSSR count). The fourth-order valence-electron chi connectivity index (χ4n) is 1.95. The van der Waals surface area contributed by atoms with Gasteiger partial charge in [-0.3, -0.25) is 0 Å². The summed E-state index contributed by atoms with van der Waals surface area (Å²) < 4.78 is 4.88. The van der Waals surface area contributed by atoms with E-state index in [0.29, 0.717) is 6.61 Å². The van der Waals surface area contributed by atoms with Crippen LogP contribution < -0.4 is 0 Å². The second kappa shape index (κ2) is 17.4. The van der Waals surface area contributed by atoms with Crippen LogP contribution in [0.3, 0.4) is 0 Å². The summed E-state index contributed by atoms with van der Waals surface area (Å²) >= 11 is 0. The second-order valence-corrected chi connectivity index (χ2v) is 5.02. The number of carbonyl (C=O) groups is 2. The number of unbranched alkanes of at least 4 members (excludes halogenated alkanes) is 9. The zero-order valence-electron chi connectivity index (χ0n) is 13.3. The van der Waals surface area contributed by atoms with Gasteiger partial charge in [-0.25, -0.2) is 9.59 Å². The van der Waals surface area contributed by atoms with Crippen molar-refractivity contribution in [1.82, 2.24) is 0 Å². The molecule has 1 N–H and O–H groups in total. The Labute approximate surface area is 141 Å². The maximum Gasteiger partial charge on any atom is 0.331 e. The average Bonchev–Trinajstić information content (AvgIpc) is 2.42. The largest absolute Gasteiger partial charge is 0.478 e. The first-order chi connectivity index (χ1) is 9.66. The number of esters is 1. The summed E-state index contributed by atoms with van der Waals surface area (Å²) in [4.78, 5) is 21.2. The van der Waals surface area contributed by atoms with Gasteiger partial charge in [-0.05, 0) is 6.42 Å². The molecule has 0 atom stereocenters. The van der Waals surface area contributed by atoms with Gasteiger partial charge in [0.1, 0.15) is 0 Å². The minimum atomic E-state index is -1.14. The molecule has 0 saturated carbocycles. The molecule has 0 saturated heterocycles. The van der Waals surface area contributed by atoms with E-state index in [1.807, 2.05) is 0 Å². The fourth-order valence-corrected chi connectivity index (χ4v) is 1.95. The zero-order chi connectivity index (χ0) is 15.1. The van der Waals surface area contributed by atoms with Crippen molar-refractivity contribution in [1.29, 1.82) is 0 Å². The zero-order valence-corrected chi connectivity index (χ0v) is 16.3. The minimum Gasteiger partial charge on any atom is -0.478 e. The van der Waals surface area contributed by atoms with Gasteiger partial charge in [-0.1, -0.05) is 64.7 Å². The molecule has 0 aromatic rings. The van der Waals surface area contributed by atoms with Crippen molar-refractivity contribution in [2.75, 3.05) is 6.61 Å². The summed E-state index contributed by atoms with van der Waals surface area (Å²) in [6.45, 7) is 2.60. The number of hydrogen-bond donors (Lipinski definition) is 1. The molecule has 0 aromatic carbocycles. The van der Waals surface area contributed by atoms with Crippen LogP contribution in [0.2, 0.25) is 0 Å². The number of rotatable bonds is 13. The van der Waals surface area contributed by atoms with E-state index >= 15 is 0 Å². The third-order valence-electron chi connectivity index (χ3n) is 3.10. The monoisotopic (exact) mass is 348 g/mol. The SMILES string of the molecule is CCCCCCCCCCCCOC(=O)/C=C\C(=O)O.[Zn]. The second-order valence-electron chi connectivity index (χ2n) is 5.02. The van der Waals surface area contributed by atoms with Crippen LogP contribution in [0.25, 0.3) is 0 Å². The standard InChI is InChI=1S/C16H28O4.Zn/c1-2-3-4-5-6-7-8-9-10-11-14-20-16(19)13-12-15(17)18;/h12-13H,2-11,14H2,1H3,(H,17,18);/b13-12-;. The van der Waals surface area contributed by atoms with Crippen molar-refractivity contribution in [3.05, 3.63) is 12.2 Å². The normalized spacial score (nSPS) is 10.3. The van der Waals surface area contributed by atoms with Gasteiger partial charge >= 0.3 is 11.9 Å². The third-order valence-corrected chi connectivity index (χ3v) is 3.10. The Kier molecular flexibility index (Phi) is 18.7. The summed E-state index contributed by atoms with van der Waals surface area (Å²) in [5.41, 5.74) is 0. The molecule has 0 unspecified atom stereocenters. The molecule has 0 aliphatic heterocycles. The van der Waals surface area contributed by atoms with E-state index in [1.165, 1.54) is 51.4 Å². The minimum absolute atomic E-state index is 0. The van der Waals surface area contributed by atoms with E-state index < -0.39 is 11.9 Å². The first kappa shape index (κ1) is 22.6. The van der Waals surface area contributed by atoms with Crippen LogP contribution in [0.15, 0.2) is 12.2 Å². The smallest absolute Gasteiger partial charge is 0.331 e. The van der Waals surface area contributed by atoms with Crippen molar-refractivity contribution in [2.45, 2.75) is 71.1 Å². The van der Waals surface area contributed by atoms with Crippen LogP contribution in [-0.4, -0.2) is 23.7 Å². The first-order valence-electron chi connectivity index (χ1n) is 7.74. The Morgan fingerprint density at radius 3 is 1.81 bits per heavy atom. The quantitative estimate of drug-likeness (QED) is 0.235. The number of carboxylic acids is 1. The summed E-state index contributed by atoms with van der Waals surface area (Å²) in [5.74, 6) is -1.72. The topological polar surface area (TPSA) is 63.6 Å². The fraction of sp³-hybridized carbons (Fsp3) is 0.750.